The number of urea groups is 1. The molecule has 11 heteroatoms. The molecule has 1 aromatic carbocycles. The normalized spacial score (nSPS) is 20.5. The number of nitrogens with zero attached hydrogens (tertiary/aromatic N) is 3. The molecule has 1 saturated carbocycles. The lowest BCUT2D eigenvalue weighted by molar-refractivity contribution is -0.138. The van der Waals surface area contributed by atoms with Crippen molar-refractivity contribution in [1.29, 1.82) is 0 Å². The first-order chi connectivity index (χ1) is 23.9. The van der Waals surface area contributed by atoms with Crippen LogP contribution in [0.2, 0.25) is 0 Å². The highest BCUT2D eigenvalue weighted by Crippen LogP contribution is 2.33. The van der Waals surface area contributed by atoms with E-state index in [1.165, 1.54) is 11.6 Å². The number of amides is 3. The molecule has 0 bridgehead atoms. The van der Waals surface area contributed by atoms with Gasteiger partial charge in [0.25, 0.3) is 0 Å². The van der Waals surface area contributed by atoms with Gasteiger partial charge in [0.1, 0.15) is 5.82 Å². The van der Waals surface area contributed by atoms with Gasteiger partial charge in [-0.25, -0.2) is 14.2 Å². The quantitative estimate of drug-likeness (QED) is 0.184. The molecule has 3 N–H and O–H groups in total. The second-order valence-corrected chi connectivity index (χ2v) is 15.7. The molecule has 2 atom stereocenters. The van der Waals surface area contributed by atoms with Crippen LogP contribution in [0.5, 0.6) is 5.75 Å². The monoisotopic (exact) mass is 693 g/mol. The molecular formula is C39H56FN5O5. The van der Waals surface area contributed by atoms with E-state index >= 15 is 4.39 Å². The van der Waals surface area contributed by atoms with Crippen LogP contribution < -0.4 is 15.4 Å². The summed E-state index contributed by atoms with van der Waals surface area (Å²) in [4.78, 5) is 46.0. The minimum Gasteiger partial charge on any atom is -0.491 e. The van der Waals surface area contributed by atoms with Gasteiger partial charge in [-0.1, -0.05) is 39.8 Å². The van der Waals surface area contributed by atoms with E-state index in [1.54, 1.807) is 21.9 Å². The number of carbonyl (C=O) groups is 3. The van der Waals surface area contributed by atoms with E-state index in [9.17, 15) is 19.5 Å². The lowest BCUT2D eigenvalue weighted by Gasteiger charge is -2.31. The lowest BCUT2D eigenvalue weighted by atomic mass is 9.83. The van der Waals surface area contributed by atoms with Gasteiger partial charge in [0, 0.05) is 43.8 Å². The Morgan fingerprint density at radius 2 is 1.92 bits per heavy atom. The summed E-state index contributed by atoms with van der Waals surface area (Å²) < 4.78 is 21.2. The Kier molecular flexibility index (Phi) is 12.6. The molecule has 1 unspecified atom stereocenters. The van der Waals surface area contributed by atoms with Crippen molar-refractivity contribution in [3.63, 3.8) is 0 Å². The number of ether oxygens (including phenoxy) is 1. The zero-order valence-electron chi connectivity index (χ0n) is 30.3. The lowest BCUT2D eigenvalue weighted by Crippen LogP contribution is -2.41. The molecule has 2 aromatic rings. The number of nitrogens with one attached hydrogen (secondary N) is 2. The third-order valence-electron chi connectivity index (χ3n) is 10.4. The van der Waals surface area contributed by atoms with E-state index in [0.29, 0.717) is 37.7 Å². The van der Waals surface area contributed by atoms with Gasteiger partial charge in [0.05, 0.1) is 19.1 Å². The van der Waals surface area contributed by atoms with Crippen LogP contribution in [-0.2, 0) is 22.4 Å². The number of aliphatic carboxylic acids is 1. The molecule has 10 nitrogen and oxygen atoms in total. The van der Waals surface area contributed by atoms with Crippen molar-refractivity contribution in [3.8, 4) is 5.75 Å². The third kappa shape index (κ3) is 10.3. The van der Waals surface area contributed by atoms with Crippen molar-refractivity contribution in [1.82, 2.24) is 20.1 Å². The molecule has 50 heavy (non-hydrogen) atoms. The van der Waals surface area contributed by atoms with Gasteiger partial charge < -0.3 is 30.3 Å². The fraction of sp³-hybridized carbons (Fsp3) is 0.641. The van der Waals surface area contributed by atoms with Crippen LogP contribution in [-0.4, -0.2) is 76.6 Å². The van der Waals surface area contributed by atoms with Crippen molar-refractivity contribution >= 4 is 23.7 Å². The maximum atomic E-state index is 15.3. The number of aryl methyl sites for hydroxylation is 2. The maximum absolute atomic E-state index is 15.3. The van der Waals surface area contributed by atoms with Gasteiger partial charge in [0.2, 0.25) is 5.91 Å². The molecule has 3 aliphatic rings. The zero-order chi connectivity index (χ0) is 35.8. The second-order valence-electron chi connectivity index (χ2n) is 15.7. The molecule has 0 spiro atoms. The summed E-state index contributed by atoms with van der Waals surface area (Å²) >= 11 is 0. The number of carboxylic acids is 1. The Bertz CT molecular complexity index is 1490. The minimum absolute atomic E-state index is 0.0103. The zero-order valence-corrected chi connectivity index (χ0v) is 30.3. The highest BCUT2D eigenvalue weighted by molar-refractivity contribution is 5.79. The predicted octanol–water partition coefficient (Wildman–Crippen LogP) is 6.98. The van der Waals surface area contributed by atoms with Crippen molar-refractivity contribution in [2.24, 2.45) is 17.3 Å². The topological polar surface area (TPSA) is 124 Å². The number of halogens is 1. The number of carbonyl (C=O) groups excluding carboxylic acids is 2. The number of pyridine rings is 1. The van der Waals surface area contributed by atoms with Crippen LogP contribution in [0.1, 0.15) is 108 Å². The smallest absolute Gasteiger partial charge is 0.320 e. The standard InChI is InChI=1S/C39H56FN5O5/c1-26(25-39(2,3)4)37(48)43-31-13-9-27(10-14-31)17-22-50-34-16-12-29(23-32(34)40)33(24-35(46)47)45-21-20-44(38(45)49)19-6-8-30-15-11-28-7-5-18-41-36(28)42-30/h11-12,15-16,23,26-27,31,33H,5-10,13-14,17-22,24-25H2,1-4H3,(H,41,42)(H,43,48)(H,46,47)/t26?,27-,31-,33-/m0/s1. The summed E-state index contributed by atoms with van der Waals surface area (Å²) in [5.41, 5.74) is 2.78. The summed E-state index contributed by atoms with van der Waals surface area (Å²) in [7, 11) is 0. The van der Waals surface area contributed by atoms with Crippen LogP contribution in [0.25, 0.3) is 0 Å². The summed E-state index contributed by atoms with van der Waals surface area (Å²) in [5, 5.41) is 16.3. The summed E-state index contributed by atoms with van der Waals surface area (Å²) in [6, 6.07) is 7.90. The van der Waals surface area contributed by atoms with Gasteiger partial charge in [-0.3, -0.25) is 9.59 Å². The Morgan fingerprint density at radius 1 is 1.14 bits per heavy atom. The van der Waals surface area contributed by atoms with Gasteiger partial charge in [-0.2, -0.15) is 0 Å². The fourth-order valence-corrected chi connectivity index (χ4v) is 7.76. The number of hydrogen-bond acceptors (Lipinski definition) is 6. The van der Waals surface area contributed by atoms with E-state index < -0.39 is 17.8 Å². The molecule has 274 valence electrons. The first-order valence-corrected chi connectivity index (χ1v) is 18.6. The molecule has 2 fully saturated rings. The van der Waals surface area contributed by atoms with Gasteiger partial charge in [0.15, 0.2) is 11.6 Å². The van der Waals surface area contributed by atoms with Crippen LogP contribution in [0, 0.1) is 23.1 Å². The molecular weight excluding hydrogens is 637 g/mol. The Morgan fingerprint density at radius 3 is 2.64 bits per heavy atom. The van der Waals surface area contributed by atoms with Crippen LogP contribution in [0.4, 0.5) is 15.0 Å². The van der Waals surface area contributed by atoms with Gasteiger partial charge in [-0.05, 0) is 105 Å². The summed E-state index contributed by atoms with van der Waals surface area (Å²) in [6.45, 7) is 11.2. The van der Waals surface area contributed by atoms with Crippen molar-refractivity contribution < 1.29 is 28.6 Å². The Labute approximate surface area is 296 Å². The molecule has 3 amide bonds. The first kappa shape index (κ1) is 37.4. The van der Waals surface area contributed by atoms with E-state index in [4.69, 9.17) is 9.72 Å². The number of hydrogen-bond donors (Lipinski definition) is 3. The van der Waals surface area contributed by atoms with Crippen molar-refractivity contribution in [2.75, 3.05) is 38.1 Å². The largest absolute Gasteiger partial charge is 0.491 e. The highest BCUT2D eigenvalue weighted by Gasteiger charge is 2.36. The average molecular weight is 694 g/mol. The molecule has 1 aromatic heterocycles. The average Bonchev–Trinajstić information content (AvgIpc) is 3.43. The number of fused-ring (bicyclic) bond motifs is 1. The first-order valence-electron chi connectivity index (χ1n) is 18.6. The number of rotatable bonds is 15. The Hall–Kier alpha value is -3.89. The highest BCUT2D eigenvalue weighted by atomic mass is 19.1. The number of carboxylic acid groups (broad SMARTS) is 1. The fourth-order valence-electron chi connectivity index (χ4n) is 7.76. The van der Waals surface area contributed by atoms with Crippen molar-refractivity contribution in [3.05, 3.63) is 53.0 Å². The van der Waals surface area contributed by atoms with E-state index in [2.05, 4.69) is 43.5 Å². The van der Waals surface area contributed by atoms with E-state index in [-0.39, 0.29) is 41.5 Å². The predicted molar refractivity (Wildman–Crippen MR) is 192 cm³/mol. The molecule has 1 aliphatic carbocycles. The van der Waals surface area contributed by atoms with Crippen LogP contribution >= 0.6 is 0 Å². The van der Waals surface area contributed by atoms with Crippen LogP contribution in [0.15, 0.2) is 30.3 Å². The number of benzene rings is 1. The van der Waals surface area contributed by atoms with Gasteiger partial charge >= 0.3 is 12.0 Å². The van der Waals surface area contributed by atoms with E-state index in [0.717, 1.165) is 82.3 Å². The second kappa shape index (κ2) is 16.9. The molecule has 5 rings (SSSR count). The molecule has 2 aliphatic heterocycles. The maximum Gasteiger partial charge on any atom is 0.320 e. The number of anilines is 1. The molecule has 0 radical (unpaired) electrons. The number of aromatic nitrogens is 1. The molecule has 1 saturated heterocycles. The summed E-state index contributed by atoms with van der Waals surface area (Å²) in [6.07, 6.45) is 8.80. The summed E-state index contributed by atoms with van der Waals surface area (Å²) in [5.74, 6) is 0.0372. The SMILES string of the molecule is CC(CC(C)(C)C)C(=O)N[C@H]1CC[C@H](CCOc2ccc([C@H](CC(=O)O)N3CCN(CCCc4ccc5c(n4)NCCC5)C3=O)cc2F)CC1. The Balaban J connectivity index is 1.08. The van der Waals surface area contributed by atoms with Crippen molar-refractivity contribution in [2.45, 2.75) is 110 Å². The van der Waals surface area contributed by atoms with Gasteiger partial charge in [-0.15, -0.1) is 0 Å². The van der Waals surface area contributed by atoms with E-state index in [1.807, 2.05) is 6.92 Å². The third-order valence-corrected chi connectivity index (χ3v) is 10.4. The minimum atomic E-state index is -1.05. The molecule has 3 heterocycles. The van der Waals surface area contributed by atoms with Crippen LogP contribution in [0.3, 0.4) is 0 Å².